The maximum atomic E-state index is 11.7. The summed E-state index contributed by atoms with van der Waals surface area (Å²) in [6, 6.07) is 7.87. The van der Waals surface area contributed by atoms with Crippen LogP contribution in [0.4, 0.5) is 0 Å². The molecule has 0 saturated carbocycles. The van der Waals surface area contributed by atoms with Gasteiger partial charge in [-0.15, -0.1) is 0 Å². The van der Waals surface area contributed by atoms with E-state index in [9.17, 15) is 9.46 Å². The molecule has 0 aliphatic carbocycles. The molecule has 132 valence electrons. The number of rotatable bonds is 11. The highest BCUT2D eigenvalue weighted by Gasteiger charge is 2.37. The monoisotopic (exact) mass is 363 g/mol. The molecule has 23 heavy (non-hydrogen) atoms. The topological polar surface area (TPSA) is 67.8 Å². The van der Waals surface area contributed by atoms with Crippen LogP contribution in [0, 0.1) is 0 Å². The molecule has 1 aromatic carbocycles. The predicted molar refractivity (Wildman–Crippen MR) is 94.3 cm³/mol. The number of halogens is 1. The largest absolute Gasteiger partial charge is 0.343 e. The smallest absolute Gasteiger partial charge is 0.246 e. The van der Waals surface area contributed by atoms with Gasteiger partial charge in [0.2, 0.25) is 13.6 Å². The summed E-state index contributed by atoms with van der Waals surface area (Å²) in [6.45, 7) is 7.02. The zero-order chi connectivity index (χ0) is 17.3. The number of hydrogen-bond acceptors (Lipinski definition) is 4. The first-order chi connectivity index (χ1) is 10.9. The molecule has 5 nitrogen and oxygen atoms in total. The summed E-state index contributed by atoms with van der Waals surface area (Å²) in [5, 5.41) is 4.10. The third kappa shape index (κ3) is 6.54. The van der Waals surface area contributed by atoms with Crippen molar-refractivity contribution < 1.29 is 18.9 Å². The molecule has 0 bridgehead atoms. The van der Waals surface area contributed by atoms with Crippen LogP contribution in [0.3, 0.4) is 0 Å². The van der Waals surface area contributed by atoms with Crippen molar-refractivity contribution in [2.75, 3.05) is 19.8 Å². The third-order valence-corrected chi connectivity index (χ3v) is 5.03. The molecule has 0 fully saturated rings. The number of ether oxygens (including phenoxy) is 2. The molecule has 1 rings (SSSR count). The normalized spacial score (nSPS) is 14.7. The van der Waals surface area contributed by atoms with E-state index >= 15 is 0 Å². The Morgan fingerprint density at radius 1 is 1.26 bits per heavy atom. The van der Waals surface area contributed by atoms with Crippen molar-refractivity contribution in [2.24, 2.45) is 0 Å². The quantitative estimate of drug-likeness (QED) is 0.354. The van der Waals surface area contributed by atoms with Gasteiger partial charge in [0.05, 0.1) is 0 Å². The van der Waals surface area contributed by atoms with E-state index in [1.165, 1.54) is 0 Å². The summed E-state index contributed by atoms with van der Waals surface area (Å²) in [5.41, 5.74) is -0.217. The number of benzene rings is 1. The Kier molecular flexibility index (Phi) is 9.37. The molecule has 1 aromatic rings. The second-order valence-corrected chi connectivity index (χ2v) is 7.06. The highest BCUT2D eigenvalue weighted by atomic mass is 35.5. The van der Waals surface area contributed by atoms with Gasteiger partial charge in [-0.1, -0.05) is 23.7 Å². The Morgan fingerprint density at radius 3 is 2.30 bits per heavy atom. The molecule has 0 saturated heterocycles. The van der Waals surface area contributed by atoms with Gasteiger partial charge in [-0.25, -0.2) is 0 Å². The lowest BCUT2D eigenvalue weighted by Crippen LogP contribution is -2.33. The van der Waals surface area contributed by atoms with E-state index < -0.39 is 13.6 Å². The van der Waals surface area contributed by atoms with Gasteiger partial charge in [-0.3, -0.25) is 4.57 Å². The fraction of sp³-hybridized carbons (Fsp3) is 0.625. The molecule has 0 aliphatic heterocycles. The molecule has 0 radical (unpaired) electrons. The van der Waals surface area contributed by atoms with Crippen LogP contribution < -0.4 is 5.32 Å². The van der Waals surface area contributed by atoms with E-state index in [0.29, 0.717) is 37.6 Å². The van der Waals surface area contributed by atoms with Crippen molar-refractivity contribution in [3.05, 3.63) is 34.9 Å². The molecule has 0 aromatic heterocycles. The van der Waals surface area contributed by atoms with Crippen LogP contribution in [0.5, 0.6) is 0 Å². The minimum atomic E-state index is -2.95. The Labute approximate surface area is 144 Å². The maximum Gasteiger partial charge on any atom is 0.246 e. The van der Waals surface area contributed by atoms with E-state index in [1.54, 1.807) is 13.8 Å². The molecule has 0 amide bonds. The molecule has 7 heteroatoms. The summed E-state index contributed by atoms with van der Waals surface area (Å²) < 4.78 is 22.6. The highest BCUT2D eigenvalue weighted by Crippen LogP contribution is 2.41. The molecule has 0 aliphatic rings. The second kappa shape index (κ2) is 10.4. The maximum absolute atomic E-state index is 11.7. The van der Waals surface area contributed by atoms with Crippen LogP contribution in [-0.4, -0.2) is 30.2 Å². The summed E-state index contributed by atoms with van der Waals surface area (Å²) in [6.07, 6.45) is 1.05. The van der Waals surface area contributed by atoms with Crippen molar-refractivity contribution >= 4 is 19.6 Å². The van der Waals surface area contributed by atoms with Gasteiger partial charge < -0.3 is 19.7 Å². The average molecular weight is 364 g/mol. The first kappa shape index (κ1) is 20.6. The van der Waals surface area contributed by atoms with Gasteiger partial charge in [-0.2, -0.15) is 0 Å². The van der Waals surface area contributed by atoms with E-state index in [-0.39, 0.29) is 6.04 Å². The summed E-state index contributed by atoms with van der Waals surface area (Å²) in [5.74, 6) is 0. The first-order valence-corrected chi connectivity index (χ1v) is 9.68. The van der Waals surface area contributed by atoms with Gasteiger partial charge in [0.25, 0.3) is 0 Å². The first-order valence-electron chi connectivity index (χ1n) is 7.95. The fourth-order valence-electron chi connectivity index (χ4n) is 2.39. The van der Waals surface area contributed by atoms with E-state index in [2.05, 4.69) is 12.2 Å². The highest BCUT2D eigenvalue weighted by molar-refractivity contribution is 7.39. The van der Waals surface area contributed by atoms with Crippen LogP contribution >= 0.6 is 19.6 Å². The van der Waals surface area contributed by atoms with Crippen molar-refractivity contribution in [3.8, 4) is 0 Å². The lowest BCUT2D eigenvalue weighted by Gasteiger charge is -2.30. The van der Waals surface area contributed by atoms with Crippen molar-refractivity contribution in [2.45, 2.75) is 45.2 Å². The summed E-state index contributed by atoms with van der Waals surface area (Å²) >= 11 is 5.88. The molecule has 2 atom stereocenters. The molecule has 0 heterocycles. The lowest BCUT2D eigenvalue weighted by atomic mass is 10.1. The van der Waals surface area contributed by atoms with Gasteiger partial charge in [-0.05, 0) is 51.4 Å². The van der Waals surface area contributed by atoms with E-state index in [1.807, 2.05) is 24.3 Å². The zero-order valence-corrected chi connectivity index (χ0v) is 15.7. The van der Waals surface area contributed by atoms with Gasteiger partial charge in [0.15, 0.2) is 0 Å². The van der Waals surface area contributed by atoms with Gasteiger partial charge in [0, 0.05) is 30.7 Å². The molecular formula is C16H27ClNO4P. The zero-order valence-electron chi connectivity index (χ0n) is 14.0. The molecular weight excluding hydrogens is 337 g/mol. The SMILES string of the molecule is CCOC(CCCNC(C)c1ccc(Cl)cc1)(OCC)[PH](=O)O. The molecule has 2 N–H and O–H groups in total. The minimum absolute atomic E-state index is 0.173. The predicted octanol–water partition coefficient (Wildman–Crippen LogP) is 3.96. The van der Waals surface area contributed by atoms with Crippen molar-refractivity contribution in [1.82, 2.24) is 5.32 Å². The third-order valence-electron chi connectivity index (χ3n) is 3.58. The van der Waals surface area contributed by atoms with Gasteiger partial charge >= 0.3 is 0 Å². The van der Waals surface area contributed by atoms with E-state index in [0.717, 1.165) is 5.56 Å². The Hall–Kier alpha value is -0.420. The molecule has 0 spiro atoms. The standard InChI is InChI=1S/C16H27ClNO4P/c1-4-21-16(22-5-2,23(19)20)11-6-12-18-13(3)14-7-9-15(17)10-8-14/h7-10,13,18,23H,4-6,11-12H2,1-3H3,(H,19,20). The van der Waals surface area contributed by atoms with Gasteiger partial charge in [0.1, 0.15) is 0 Å². The van der Waals surface area contributed by atoms with Crippen LogP contribution in [0.2, 0.25) is 5.02 Å². The van der Waals surface area contributed by atoms with E-state index in [4.69, 9.17) is 21.1 Å². The minimum Gasteiger partial charge on any atom is -0.343 e. The summed E-state index contributed by atoms with van der Waals surface area (Å²) in [7, 11) is -2.95. The van der Waals surface area contributed by atoms with Crippen LogP contribution in [-0.2, 0) is 14.0 Å². The average Bonchev–Trinajstić information content (AvgIpc) is 2.52. The van der Waals surface area contributed by atoms with Crippen molar-refractivity contribution in [3.63, 3.8) is 0 Å². The Balaban J connectivity index is 2.49. The van der Waals surface area contributed by atoms with Crippen LogP contribution in [0.1, 0.15) is 45.2 Å². The number of hydrogen-bond donors (Lipinski definition) is 2. The summed E-state index contributed by atoms with van der Waals surface area (Å²) in [4.78, 5) is 9.60. The van der Waals surface area contributed by atoms with Crippen molar-refractivity contribution in [1.29, 1.82) is 0 Å². The number of nitrogens with one attached hydrogen (secondary N) is 1. The lowest BCUT2D eigenvalue weighted by molar-refractivity contribution is -0.180. The van der Waals surface area contributed by atoms with Crippen LogP contribution in [0.15, 0.2) is 24.3 Å². The molecule has 2 unspecified atom stereocenters. The van der Waals surface area contributed by atoms with Crippen LogP contribution in [0.25, 0.3) is 0 Å². The Morgan fingerprint density at radius 2 is 1.83 bits per heavy atom. The second-order valence-electron chi connectivity index (χ2n) is 5.26. The fourth-order valence-corrected chi connectivity index (χ4v) is 3.44. The Bertz CT molecular complexity index is 477.